The summed E-state index contributed by atoms with van der Waals surface area (Å²) in [6.07, 6.45) is 3.07. The Labute approximate surface area is 140 Å². The highest BCUT2D eigenvalue weighted by atomic mass is 16.4. The first-order valence-electron chi connectivity index (χ1n) is 7.98. The van der Waals surface area contributed by atoms with Crippen molar-refractivity contribution >= 4 is 11.9 Å². The first-order chi connectivity index (χ1) is 11.6. The van der Waals surface area contributed by atoms with E-state index in [4.69, 9.17) is 5.11 Å². The number of benzene rings is 1. The highest BCUT2D eigenvalue weighted by molar-refractivity contribution is 5.95. The summed E-state index contributed by atoms with van der Waals surface area (Å²) in [7, 11) is 0. The van der Waals surface area contributed by atoms with E-state index in [-0.39, 0.29) is 18.4 Å². The van der Waals surface area contributed by atoms with Crippen LogP contribution in [0.25, 0.3) is 11.4 Å². The third-order valence-corrected chi connectivity index (χ3v) is 4.29. The molecule has 124 valence electrons. The zero-order valence-electron chi connectivity index (χ0n) is 13.5. The molecule has 0 spiro atoms. The third-order valence-electron chi connectivity index (χ3n) is 4.29. The molecule has 1 aromatic heterocycles. The zero-order valence-corrected chi connectivity index (χ0v) is 13.5. The Balaban J connectivity index is 1.84. The number of hydrogen-bond donors (Lipinski definition) is 1. The fraction of sp³-hybridized carbons (Fsp3) is 0.333. The predicted molar refractivity (Wildman–Crippen MR) is 88.5 cm³/mol. The number of aliphatic carboxylic acids is 1. The van der Waals surface area contributed by atoms with E-state index in [1.54, 1.807) is 18.0 Å². The number of carboxylic acids is 1. The molecule has 1 aliphatic rings. The number of aromatic nitrogens is 2. The topological polar surface area (TPSA) is 83.4 Å². The first kappa shape index (κ1) is 16.1. The molecule has 24 heavy (non-hydrogen) atoms. The second-order valence-electron chi connectivity index (χ2n) is 5.95. The lowest BCUT2D eigenvalue weighted by Gasteiger charge is -2.24. The summed E-state index contributed by atoms with van der Waals surface area (Å²) in [6, 6.07) is 9.33. The van der Waals surface area contributed by atoms with Crippen molar-refractivity contribution in [2.45, 2.75) is 32.2 Å². The number of amides is 1. The van der Waals surface area contributed by atoms with Gasteiger partial charge in [-0.2, -0.15) is 0 Å². The number of hydrogen-bond acceptors (Lipinski definition) is 4. The fourth-order valence-corrected chi connectivity index (χ4v) is 3.07. The van der Waals surface area contributed by atoms with Crippen LogP contribution in [0.5, 0.6) is 0 Å². The molecule has 0 radical (unpaired) electrons. The Morgan fingerprint density at radius 2 is 2.04 bits per heavy atom. The van der Waals surface area contributed by atoms with E-state index in [1.165, 1.54) is 0 Å². The van der Waals surface area contributed by atoms with Crippen molar-refractivity contribution in [2.24, 2.45) is 0 Å². The summed E-state index contributed by atoms with van der Waals surface area (Å²) >= 11 is 0. The van der Waals surface area contributed by atoms with Gasteiger partial charge in [-0.05, 0) is 19.8 Å². The second kappa shape index (κ2) is 6.78. The second-order valence-corrected chi connectivity index (χ2v) is 5.95. The van der Waals surface area contributed by atoms with E-state index in [0.717, 1.165) is 18.4 Å². The minimum atomic E-state index is -0.882. The average Bonchev–Trinajstić information content (AvgIpc) is 3.02. The number of carboxylic acid groups (broad SMARTS) is 1. The van der Waals surface area contributed by atoms with Crippen LogP contribution in [0.1, 0.15) is 35.3 Å². The lowest BCUT2D eigenvalue weighted by atomic mass is 10.1. The van der Waals surface area contributed by atoms with Gasteiger partial charge in [-0.25, -0.2) is 9.97 Å². The van der Waals surface area contributed by atoms with E-state index in [9.17, 15) is 9.59 Å². The number of carbonyl (C=O) groups excluding carboxylic acids is 1. The molecule has 1 N–H and O–H groups in total. The molecule has 1 fully saturated rings. The standard InChI is InChI=1S/C18H19N3O3/c1-12-15(11-19-17(20-12)13-6-3-2-4-7-13)18(24)21-9-5-8-14(21)10-16(22)23/h2-4,6-7,11,14H,5,8-10H2,1H3,(H,22,23). The van der Waals surface area contributed by atoms with Crippen LogP contribution in [-0.4, -0.2) is 44.4 Å². The van der Waals surface area contributed by atoms with E-state index < -0.39 is 5.97 Å². The Bertz CT molecular complexity index is 761. The molecule has 1 unspecified atom stereocenters. The Morgan fingerprint density at radius 1 is 1.29 bits per heavy atom. The Morgan fingerprint density at radius 3 is 2.71 bits per heavy atom. The fourth-order valence-electron chi connectivity index (χ4n) is 3.07. The summed E-state index contributed by atoms with van der Waals surface area (Å²) in [5.74, 6) is -0.490. The van der Waals surface area contributed by atoms with Gasteiger partial charge in [0.2, 0.25) is 0 Å². The first-order valence-corrected chi connectivity index (χ1v) is 7.98. The van der Waals surface area contributed by atoms with Gasteiger partial charge in [0.25, 0.3) is 5.91 Å². The lowest BCUT2D eigenvalue weighted by Crippen LogP contribution is -2.37. The van der Waals surface area contributed by atoms with Crippen molar-refractivity contribution in [1.29, 1.82) is 0 Å². The summed E-state index contributed by atoms with van der Waals surface area (Å²) in [5.41, 5.74) is 1.94. The molecular weight excluding hydrogens is 306 g/mol. The monoisotopic (exact) mass is 325 g/mol. The predicted octanol–water partition coefficient (Wildman–Crippen LogP) is 2.53. The highest BCUT2D eigenvalue weighted by Gasteiger charge is 2.32. The van der Waals surface area contributed by atoms with E-state index in [1.807, 2.05) is 30.3 Å². The quantitative estimate of drug-likeness (QED) is 0.934. The van der Waals surface area contributed by atoms with Crippen LogP contribution in [-0.2, 0) is 4.79 Å². The van der Waals surface area contributed by atoms with Crippen molar-refractivity contribution in [3.05, 3.63) is 47.8 Å². The largest absolute Gasteiger partial charge is 0.481 e. The van der Waals surface area contributed by atoms with Gasteiger partial charge in [0.1, 0.15) is 0 Å². The van der Waals surface area contributed by atoms with Crippen LogP contribution < -0.4 is 0 Å². The SMILES string of the molecule is Cc1nc(-c2ccccc2)ncc1C(=O)N1CCCC1CC(=O)O. The van der Waals surface area contributed by atoms with Gasteiger partial charge in [-0.1, -0.05) is 30.3 Å². The van der Waals surface area contributed by atoms with Crippen molar-refractivity contribution in [3.63, 3.8) is 0 Å². The number of carbonyl (C=O) groups is 2. The third kappa shape index (κ3) is 3.27. The Kier molecular flexibility index (Phi) is 4.55. The summed E-state index contributed by atoms with van der Waals surface area (Å²) in [5, 5.41) is 9.00. The number of likely N-dealkylation sites (tertiary alicyclic amines) is 1. The van der Waals surface area contributed by atoms with Crippen LogP contribution in [0, 0.1) is 6.92 Å². The maximum atomic E-state index is 12.8. The molecule has 6 nitrogen and oxygen atoms in total. The average molecular weight is 325 g/mol. The van der Waals surface area contributed by atoms with Crippen molar-refractivity contribution < 1.29 is 14.7 Å². The summed E-state index contributed by atoms with van der Waals surface area (Å²) < 4.78 is 0. The molecule has 0 saturated carbocycles. The van der Waals surface area contributed by atoms with E-state index in [0.29, 0.717) is 23.6 Å². The molecule has 1 aromatic carbocycles. The number of aryl methyl sites for hydroxylation is 1. The van der Waals surface area contributed by atoms with Crippen LogP contribution in [0.4, 0.5) is 0 Å². The van der Waals surface area contributed by atoms with Gasteiger partial charge >= 0.3 is 5.97 Å². The van der Waals surface area contributed by atoms with Gasteiger partial charge < -0.3 is 10.0 Å². The lowest BCUT2D eigenvalue weighted by molar-refractivity contribution is -0.137. The van der Waals surface area contributed by atoms with Gasteiger partial charge in [0.15, 0.2) is 5.82 Å². The van der Waals surface area contributed by atoms with Crippen molar-refractivity contribution in [1.82, 2.24) is 14.9 Å². The van der Waals surface area contributed by atoms with Crippen LogP contribution in [0.2, 0.25) is 0 Å². The molecule has 1 saturated heterocycles. The smallest absolute Gasteiger partial charge is 0.305 e. The van der Waals surface area contributed by atoms with E-state index in [2.05, 4.69) is 9.97 Å². The molecule has 0 aliphatic carbocycles. The number of nitrogens with zero attached hydrogens (tertiary/aromatic N) is 3. The minimum Gasteiger partial charge on any atom is -0.481 e. The maximum absolute atomic E-state index is 12.8. The summed E-state index contributed by atoms with van der Waals surface area (Å²) in [4.78, 5) is 34.1. The highest BCUT2D eigenvalue weighted by Crippen LogP contribution is 2.24. The Hall–Kier alpha value is -2.76. The molecule has 0 bridgehead atoms. The van der Waals surface area contributed by atoms with E-state index >= 15 is 0 Å². The van der Waals surface area contributed by atoms with Crippen LogP contribution in [0.3, 0.4) is 0 Å². The van der Waals surface area contributed by atoms with Gasteiger partial charge in [0, 0.05) is 24.3 Å². The van der Waals surface area contributed by atoms with Crippen molar-refractivity contribution in [3.8, 4) is 11.4 Å². The molecule has 1 atom stereocenters. The van der Waals surface area contributed by atoms with Crippen LogP contribution >= 0.6 is 0 Å². The van der Waals surface area contributed by atoms with Gasteiger partial charge in [0.05, 0.1) is 17.7 Å². The normalized spacial score (nSPS) is 17.0. The molecule has 2 aromatic rings. The molecule has 2 heterocycles. The van der Waals surface area contributed by atoms with Crippen LogP contribution in [0.15, 0.2) is 36.5 Å². The molecule has 1 amide bonds. The van der Waals surface area contributed by atoms with Gasteiger partial charge in [-0.3, -0.25) is 9.59 Å². The number of rotatable bonds is 4. The molecular formula is C18H19N3O3. The molecule has 6 heteroatoms. The summed E-state index contributed by atoms with van der Waals surface area (Å²) in [6.45, 7) is 2.36. The minimum absolute atomic E-state index is 0.0201. The maximum Gasteiger partial charge on any atom is 0.305 e. The zero-order chi connectivity index (χ0) is 17.1. The van der Waals surface area contributed by atoms with Crippen molar-refractivity contribution in [2.75, 3.05) is 6.54 Å². The van der Waals surface area contributed by atoms with Gasteiger partial charge in [-0.15, -0.1) is 0 Å². The molecule has 3 rings (SSSR count). The molecule has 1 aliphatic heterocycles.